The summed E-state index contributed by atoms with van der Waals surface area (Å²) in [5.74, 6) is -0.795. The summed E-state index contributed by atoms with van der Waals surface area (Å²) in [7, 11) is 0. The van der Waals surface area contributed by atoms with Gasteiger partial charge in [0.1, 0.15) is 6.61 Å². The molecule has 0 aromatic carbocycles. The van der Waals surface area contributed by atoms with Gasteiger partial charge in [-0.05, 0) is 26.2 Å². The van der Waals surface area contributed by atoms with Crippen LogP contribution in [0.15, 0.2) is 0 Å². The topological polar surface area (TPSA) is 75.6 Å². The fraction of sp³-hybridized carbons (Fsp3) is 0.818. The van der Waals surface area contributed by atoms with Crippen LogP contribution in [-0.2, 0) is 14.3 Å². The Hall–Kier alpha value is -1.10. The van der Waals surface area contributed by atoms with E-state index in [1.54, 1.807) is 0 Å². The Morgan fingerprint density at radius 2 is 1.94 bits per heavy atom. The normalized spacial score (nSPS) is 12.5. The zero-order chi connectivity index (χ0) is 12.6. The van der Waals surface area contributed by atoms with Crippen LogP contribution in [0.5, 0.6) is 0 Å². The van der Waals surface area contributed by atoms with Crippen LogP contribution in [0.4, 0.5) is 0 Å². The molecule has 94 valence electrons. The van der Waals surface area contributed by atoms with Gasteiger partial charge < -0.3 is 15.2 Å². The van der Waals surface area contributed by atoms with E-state index in [0.29, 0.717) is 13.0 Å². The first-order valence-corrected chi connectivity index (χ1v) is 5.52. The van der Waals surface area contributed by atoms with E-state index in [2.05, 4.69) is 5.32 Å². The molecule has 0 saturated carbocycles. The molecule has 0 rings (SSSR count). The summed E-state index contributed by atoms with van der Waals surface area (Å²) < 4.78 is 5.13. The van der Waals surface area contributed by atoms with Crippen molar-refractivity contribution in [3.63, 3.8) is 0 Å². The van der Waals surface area contributed by atoms with Gasteiger partial charge >= 0.3 is 5.97 Å². The van der Waals surface area contributed by atoms with Crippen molar-refractivity contribution in [3.05, 3.63) is 0 Å². The Morgan fingerprint density at radius 3 is 2.44 bits per heavy atom. The van der Waals surface area contributed by atoms with E-state index in [0.717, 1.165) is 0 Å². The molecule has 0 bridgehead atoms. The molecule has 1 atom stereocenters. The first-order chi connectivity index (χ1) is 7.41. The molecular weight excluding hydrogens is 210 g/mol. The van der Waals surface area contributed by atoms with Crippen LogP contribution in [0.3, 0.4) is 0 Å². The summed E-state index contributed by atoms with van der Waals surface area (Å²) in [5.41, 5.74) is 0. The lowest BCUT2D eigenvalue weighted by Crippen LogP contribution is -2.32. The number of nitrogens with one attached hydrogen (secondary N) is 1. The van der Waals surface area contributed by atoms with Crippen molar-refractivity contribution in [2.75, 3.05) is 13.2 Å². The highest BCUT2D eigenvalue weighted by Gasteiger charge is 2.08. The number of aliphatic carboxylic acids is 1. The number of rotatable bonds is 8. The average Bonchev–Trinajstić information content (AvgIpc) is 2.20. The molecular formula is C11H21NO4. The molecule has 0 aliphatic rings. The lowest BCUT2D eigenvalue weighted by atomic mass is 10.1. The molecule has 0 aromatic rings. The maximum atomic E-state index is 11.2. The third-order valence-corrected chi connectivity index (χ3v) is 2.05. The molecule has 5 nitrogen and oxygen atoms in total. The van der Waals surface area contributed by atoms with E-state index < -0.39 is 5.97 Å². The van der Waals surface area contributed by atoms with Gasteiger partial charge in [-0.3, -0.25) is 9.59 Å². The van der Waals surface area contributed by atoms with Crippen LogP contribution in [0.1, 0.15) is 33.6 Å². The maximum absolute atomic E-state index is 11.2. The van der Waals surface area contributed by atoms with E-state index >= 15 is 0 Å². The van der Waals surface area contributed by atoms with Crippen molar-refractivity contribution in [1.82, 2.24) is 5.32 Å². The summed E-state index contributed by atoms with van der Waals surface area (Å²) in [6.07, 6.45) is 0.746. The Balaban J connectivity index is 3.54. The second-order valence-corrected chi connectivity index (χ2v) is 4.20. The predicted molar refractivity (Wildman–Crippen MR) is 60.1 cm³/mol. The van der Waals surface area contributed by atoms with Crippen LogP contribution in [0.2, 0.25) is 0 Å². The number of carbonyl (C=O) groups excluding carboxylic acids is 1. The monoisotopic (exact) mass is 231 g/mol. The van der Waals surface area contributed by atoms with Crippen LogP contribution < -0.4 is 5.32 Å². The van der Waals surface area contributed by atoms with Gasteiger partial charge in [0.15, 0.2) is 0 Å². The number of ether oxygens (including phenoxy) is 1. The predicted octanol–water partition coefficient (Wildman–Crippen LogP) is 1.03. The summed E-state index contributed by atoms with van der Waals surface area (Å²) >= 11 is 0. The molecule has 0 heterocycles. The van der Waals surface area contributed by atoms with Crippen molar-refractivity contribution >= 4 is 11.9 Å². The van der Waals surface area contributed by atoms with E-state index in [4.69, 9.17) is 9.84 Å². The first kappa shape index (κ1) is 14.9. The number of carboxylic acids is 1. The summed E-state index contributed by atoms with van der Waals surface area (Å²) in [4.78, 5) is 21.5. The van der Waals surface area contributed by atoms with Crippen LogP contribution in [0, 0.1) is 5.92 Å². The van der Waals surface area contributed by atoms with Gasteiger partial charge in [-0.25, -0.2) is 0 Å². The van der Waals surface area contributed by atoms with Crippen molar-refractivity contribution in [2.45, 2.75) is 39.7 Å². The van der Waals surface area contributed by atoms with E-state index in [-0.39, 0.29) is 31.0 Å². The highest BCUT2D eigenvalue weighted by molar-refractivity contribution is 5.77. The SMILES string of the molecule is CC(CCC(=O)O)CNC(=O)COC(C)C. The lowest BCUT2D eigenvalue weighted by molar-refractivity contribution is -0.137. The first-order valence-electron chi connectivity index (χ1n) is 5.52. The smallest absolute Gasteiger partial charge is 0.303 e. The molecule has 1 amide bonds. The highest BCUT2D eigenvalue weighted by atomic mass is 16.5. The minimum Gasteiger partial charge on any atom is -0.481 e. The van der Waals surface area contributed by atoms with Crippen LogP contribution >= 0.6 is 0 Å². The molecule has 0 spiro atoms. The molecule has 0 aromatic heterocycles. The van der Waals surface area contributed by atoms with Crippen LogP contribution in [-0.4, -0.2) is 36.2 Å². The third kappa shape index (κ3) is 9.45. The zero-order valence-electron chi connectivity index (χ0n) is 10.2. The minimum atomic E-state index is -0.804. The summed E-state index contributed by atoms with van der Waals surface area (Å²) in [6.45, 7) is 6.19. The van der Waals surface area contributed by atoms with Gasteiger partial charge in [0.25, 0.3) is 0 Å². The largest absolute Gasteiger partial charge is 0.481 e. The summed E-state index contributed by atoms with van der Waals surface area (Å²) in [6, 6.07) is 0. The van der Waals surface area contributed by atoms with Gasteiger partial charge in [-0.1, -0.05) is 6.92 Å². The number of carboxylic acid groups (broad SMARTS) is 1. The van der Waals surface area contributed by atoms with Crippen molar-refractivity contribution < 1.29 is 19.4 Å². The second-order valence-electron chi connectivity index (χ2n) is 4.20. The minimum absolute atomic E-state index is 0.0372. The molecule has 5 heteroatoms. The molecule has 16 heavy (non-hydrogen) atoms. The Kier molecular flexibility index (Phi) is 7.54. The van der Waals surface area contributed by atoms with E-state index in [1.165, 1.54) is 0 Å². The van der Waals surface area contributed by atoms with Crippen LogP contribution in [0.25, 0.3) is 0 Å². The number of hydrogen-bond donors (Lipinski definition) is 2. The molecule has 0 fully saturated rings. The second kappa shape index (κ2) is 8.10. The molecule has 0 radical (unpaired) electrons. The third-order valence-electron chi connectivity index (χ3n) is 2.05. The fourth-order valence-electron chi connectivity index (χ4n) is 1.05. The molecule has 1 unspecified atom stereocenters. The molecule has 0 aliphatic heterocycles. The Labute approximate surface area is 96.2 Å². The number of hydrogen-bond acceptors (Lipinski definition) is 3. The molecule has 0 saturated heterocycles. The summed E-state index contributed by atoms with van der Waals surface area (Å²) in [5, 5.41) is 11.2. The van der Waals surface area contributed by atoms with Gasteiger partial charge in [-0.15, -0.1) is 0 Å². The zero-order valence-corrected chi connectivity index (χ0v) is 10.2. The molecule has 0 aliphatic carbocycles. The van der Waals surface area contributed by atoms with Gasteiger partial charge in [0.2, 0.25) is 5.91 Å². The Bertz CT molecular complexity index is 228. The van der Waals surface area contributed by atoms with Gasteiger partial charge in [0.05, 0.1) is 6.10 Å². The maximum Gasteiger partial charge on any atom is 0.303 e. The average molecular weight is 231 g/mol. The number of amides is 1. The standard InChI is InChI=1S/C11H21NO4/c1-8(2)16-7-10(13)12-6-9(3)4-5-11(14)15/h8-9H,4-7H2,1-3H3,(H,12,13)(H,14,15). The van der Waals surface area contributed by atoms with E-state index in [1.807, 2.05) is 20.8 Å². The number of carbonyl (C=O) groups is 2. The van der Waals surface area contributed by atoms with Gasteiger partial charge in [-0.2, -0.15) is 0 Å². The van der Waals surface area contributed by atoms with Crippen molar-refractivity contribution in [1.29, 1.82) is 0 Å². The van der Waals surface area contributed by atoms with Gasteiger partial charge in [0, 0.05) is 13.0 Å². The van der Waals surface area contributed by atoms with Crippen molar-refractivity contribution in [3.8, 4) is 0 Å². The highest BCUT2D eigenvalue weighted by Crippen LogP contribution is 2.03. The Morgan fingerprint density at radius 1 is 1.31 bits per heavy atom. The van der Waals surface area contributed by atoms with Crippen molar-refractivity contribution in [2.24, 2.45) is 5.92 Å². The quantitative estimate of drug-likeness (QED) is 0.654. The van der Waals surface area contributed by atoms with E-state index in [9.17, 15) is 9.59 Å². The fourth-order valence-corrected chi connectivity index (χ4v) is 1.05. The molecule has 2 N–H and O–H groups in total. The lowest BCUT2D eigenvalue weighted by Gasteiger charge is -2.12.